The van der Waals surface area contributed by atoms with Crippen LogP contribution in [0.25, 0.3) is 0 Å². The Labute approximate surface area is 132 Å². The molecule has 0 unspecified atom stereocenters. The first-order valence-corrected chi connectivity index (χ1v) is 8.02. The van der Waals surface area contributed by atoms with Crippen LogP contribution < -0.4 is 0 Å². The summed E-state index contributed by atoms with van der Waals surface area (Å²) in [6, 6.07) is 0. The van der Waals surface area contributed by atoms with Crippen molar-refractivity contribution in [1.29, 1.82) is 0 Å². The van der Waals surface area contributed by atoms with Gasteiger partial charge in [0.1, 0.15) is 0 Å². The highest BCUT2D eigenvalue weighted by molar-refractivity contribution is 5.76. The van der Waals surface area contributed by atoms with Crippen LogP contribution in [0.1, 0.15) is 39.5 Å². The number of carbonyl (C=O) groups excluding carboxylic acids is 2. The number of amides is 2. The lowest BCUT2D eigenvalue weighted by Gasteiger charge is -2.39. The van der Waals surface area contributed by atoms with Crippen LogP contribution in [0.3, 0.4) is 0 Å². The number of rotatable bonds is 4. The highest BCUT2D eigenvalue weighted by atomic mass is 16.5. The summed E-state index contributed by atoms with van der Waals surface area (Å²) >= 11 is 0. The summed E-state index contributed by atoms with van der Waals surface area (Å²) in [4.78, 5) is 27.6. The minimum atomic E-state index is -0.464. The average molecular weight is 312 g/mol. The summed E-state index contributed by atoms with van der Waals surface area (Å²) in [6.07, 6.45) is 3.03. The van der Waals surface area contributed by atoms with Crippen LogP contribution in [0, 0.1) is 5.41 Å². The molecule has 2 fully saturated rings. The second kappa shape index (κ2) is 6.54. The molecule has 2 rings (SSSR count). The van der Waals surface area contributed by atoms with E-state index in [1.165, 1.54) is 0 Å². The first-order chi connectivity index (χ1) is 10.4. The van der Waals surface area contributed by atoms with E-state index < -0.39 is 5.54 Å². The normalized spacial score (nSPS) is 27.5. The third kappa shape index (κ3) is 3.27. The molecule has 0 radical (unpaired) electrons. The largest absolute Gasteiger partial charge is 0.394 e. The fraction of sp³-hybridized carbons (Fsp3) is 0.875. The third-order valence-corrected chi connectivity index (χ3v) is 5.32. The van der Waals surface area contributed by atoms with Crippen molar-refractivity contribution in [2.45, 2.75) is 45.1 Å². The number of likely N-dealkylation sites (tertiary alicyclic amines) is 2. The zero-order valence-electron chi connectivity index (χ0n) is 13.9. The fourth-order valence-corrected chi connectivity index (χ4v) is 4.03. The Kier molecular flexibility index (Phi) is 5.12. The molecule has 2 heterocycles. The van der Waals surface area contributed by atoms with Gasteiger partial charge >= 0.3 is 0 Å². The molecule has 1 N–H and O–H groups in total. The van der Waals surface area contributed by atoms with Gasteiger partial charge in [-0.3, -0.25) is 9.59 Å². The van der Waals surface area contributed by atoms with Gasteiger partial charge in [-0.25, -0.2) is 0 Å². The maximum absolute atomic E-state index is 12.1. The van der Waals surface area contributed by atoms with Crippen LogP contribution in [-0.2, 0) is 14.3 Å². The molecule has 1 spiro atoms. The van der Waals surface area contributed by atoms with Crippen molar-refractivity contribution in [2.24, 2.45) is 5.41 Å². The molecular formula is C16H28N2O4. The van der Waals surface area contributed by atoms with E-state index in [1.807, 2.05) is 16.7 Å². The molecule has 2 saturated heterocycles. The van der Waals surface area contributed by atoms with Gasteiger partial charge < -0.3 is 19.6 Å². The van der Waals surface area contributed by atoms with E-state index in [0.717, 1.165) is 32.4 Å². The number of piperidine rings is 1. The molecule has 0 bridgehead atoms. The van der Waals surface area contributed by atoms with Crippen molar-refractivity contribution in [2.75, 3.05) is 40.0 Å². The number of carbonyl (C=O) groups is 2. The summed E-state index contributed by atoms with van der Waals surface area (Å²) in [7, 11) is 1.60. The lowest BCUT2D eigenvalue weighted by Crippen LogP contribution is -2.46. The van der Waals surface area contributed by atoms with Gasteiger partial charge in [0.25, 0.3) is 0 Å². The van der Waals surface area contributed by atoms with E-state index in [2.05, 4.69) is 0 Å². The van der Waals surface area contributed by atoms with Gasteiger partial charge in [-0.15, -0.1) is 0 Å². The Morgan fingerprint density at radius 2 is 1.91 bits per heavy atom. The van der Waals surface area contributed by atoms with Crippen molar-refractivity contribution in [3.8, 4) is 0 Å². The molecule has 1 atom stereocenters. The average Bonchev–Trinajstić information content (AvgIpc) is 2.79. The maximum Gasteiger partial charge on any atom is 0.224 e. The zero-order valence-corrected chi connectivity index (χ0v) is 13.9. The van der Waals surface area contributed by atoms with Crippen molar-refractivity contribution in [1.82, 2.24) is 9.80 Å². The molecule has 0 saturated carbocycles. The predicted octanol–water partition coefficient (Wildman–Crippen LogP) is 0.635. The number of aliphatic hydroxyl groups is 1. The minimum absolute atomic E-state index is 0.00911. The maximum atomic E-state index is 12.1. The lowest BCUT2D eigenvalue weighted by atomic mass is 9.74. The van der Waals surface area contributed by atoms with Crippen molar-refractivity contribution in [3.05, 3.63) is 0 Å². The Bertz CT molecular complexity index is 432. The molecule has 126 valence electrons. The second-order valence-corrected chi connectivity index (χ2v) is 7.06. The van der Waals surface area contributed by atoms with Gasteiger partial charge in [0.05, 0.1) is 25.2 Å². The molecular weight excluding hydrogens is 284 g/mol. The van der Waals surface area contributed by atoms with Gasteiger partial charge in [-0.05, 0) is 31.6 Å². The topological polar surface area (TPSA) is 70.1 Å². The highest BCUT2D eigenvalue weighted by Gasteiger charge is 2.52. The molecule has 6 heteroatoms. The van der Waals surface area contributed by atoms with Crippen LogP contribution in [0.5, 0.6) is 0 Å². The monoisotopic (exact) mass is 312 g/mol. The number of methoxy groups -OCH3 is 1. The minimum Gasteiger partial charge on any atom is -0.394 e. The first-order valence-electron chi connectivity index (χ1n) is 8.02. The number of nitrogens with zero attached hydrogens (tertiary/aromatic N) is 2. The fourth-order valence-electron chi connectivity index (χ4n) is 4.03. The van der Waals surface area contributed by atoms with Crippen LogP contribution in [0.2, 0.25) is 0 Å². The second-order valence-electron chi connectivity index (χ2n) is 7.06. The Morgan fingerprint density at radius 1 is 1.27 bits per heavy atom. The molecule has 0 aliphatic carbocycles. The van der Waals surface area contributed by atoms with Crippen LogP contribution in [-0.4, -0.2) is 72.2 Å². The summed E-state index contributed by atoms with van der Waals surface area (Å²) in [5.74, 6) is 0.162. The van der Waals surface area contributed by atoms with Crippen LogP contribution >= 0.6 is 0 Å². The Morgan fingerprint density at radius 3 is 2.36 bits per heavy atom. The smallest absolute Gasteiger partial charge is 0.224 e. The first kappa shape index (κ1) is 17.2. The van der Waals surface area contributed by atoms with Crippen LogP contribution in [0.15, 0.2) is 0 Å². The molecule has 0 aromatic carbocycles. The van der Waals surface area contributed by atoms with Gasteiger partial charge in [-0.2, -0.15) is 0 Å². The van der Waals surface area contributed by atoms with Gasteiger partial charge in [0.2, 0.25) is 11.8 Å². The lowest BCUT2D eigenvalue weighted by molar-refractivity contribution is -0.136. The predicted molar refractivity (Wildman–Crippen MR) is 82.2 cm³/mol. The third-order valence-electron chi connectivity index (χ3n) is 5.32. The SMILES string of the molecule is COCCC(=O)N1CCC2(CC1)CN(C(C)=O)[C@@](C)(CO)C2. The van der Waals surface area contributed by atoms with Crippen LogP contribution in [0.4, 0.5) is 0 Å². The van der Waals surface area contributed by atoms with Gasteiger partial charge in [0, 0.05) is 33.7 Å². The van der Waals surface area contributed by atoms with Gasteiger partial charge in [-0.1, -0.05) is 0 Å². The summed E-state index contributed by atoms with van der Waals surface area (Å²) < 4.78 is 4.96. The molecule has 2 aliphatic rings. The molecule has 22 heavy (non-hydrogen) atoms. The summed E-state index contributed by atoms with van der Waals surface area (Å²) in [5, 5.41) is 9.72. The highest BCUT2D eigenvalue weighted by Crippen LogP contribution is 2.47. The van der Waals surface area contributed by atoms with Crippen molar-refractivity contribution in [3.63, 3.8) is 0 Å². The number of aliphatic hydroxyl groups excluding tert-OH is 1. The van der Waals surface area contributed by atoms with Crippen molar-refractivity contribution < 1.29 is 19.4 Å². The van der Waals surface area contributed by atoms with E-state index in [0.29, 0.717) is 19.6 Å². The Balaban J connectivity index is 1.98. The molecule has 0 aromatic rings. The van der Waals surface area contributed by atoms with E-state index >= 15 is 0 Å². The van der Waals surface area contributed by atoms with Gasteiger partial charge in [0.15, 0.2) is 0 Å². The van der Waals surface area contributed by atoms with Crippen molar-refractivity contribution >= 4 is 11.8 Å². The zero-order chi connectivity index (χ0) is 16.4. The number of hydrogen-bond acceptors (Lipinski definition) is 4. The van der Waals surface area contributed by atoms with E-state index in [9.17, 15) is 14.7 Å². The molecule has 2 amide bonds. The number of ether oxygens (including phenoxy) is 1. The Hall–Kier alpha value is -1.14. The molecule has 2 aliphatic heterocycles. The van der Waals surface area contributed by atoms with E-state index in [1.54, 1.807) is 14.0 Å². The van der Waals surface area contributed by atoms with E-state index in [-0.39, 0.29) is 23.8 Å². The molecule has 6 nitrogen and oxygen atoms in total. The van der Waals surface area contributed by atoms with E-state index in [4.69, 9.17) is 4.74 Å². The summed E-state index contributed by atoms with van der Waals surface area (Å²) in [5.41, 5.74) is -0.421. The standard InChI is InChI=1S/C16H28N2O4/c1-13(20)18-11-16(10-15(18,2)12-19)5-7-17(8-6-16)14(21)4-9-22-3/h19H,4-12H2,1-3H3/t15-/m1/s1. The summed E-state index contributed by atoms with van der Waals surface area (Å²) in [6.45, 7) is 6.13. The molecule has 0 aromatic heterocycles. The number of hydrogen-bond donors (Lipinski definition) is 1. The quantitative estimate of drug-likeness (QED) is 0.827.